The third-order valence-corrected chi connectivity index (χ3v) is 10.4. The molecule has 5 rings (SSSR count). The fourth-order valence-corrected chi connectivity index (χ4v) is 7.08. The molecule has 0 aromatic heterocycles. The van der Waals surface area contributed by atoms with E-state index < -0.39 is 187 Å². The van der Waals surface area contributed by atoms with E-state index in [1.165, 1.54) is 0 Å². The molecule has 18 N–H and O–H groups in total. The minimum atomic E-state index is -2.10. The molecule has 56 heavy (non-hydrogen) atoms. The van der Waals surface area contributed by atoms with E-state index in [1.54, 1.807) is 0 Å². The zero-order chi connectivity index (χ0) is 41.3. The smallest absolute Gasteiger partial charge is 0.187 e. The second kappa shape index (κ2) is 19.6. The zero-order valence-electron chi connectivity index (χ0n) is 29.4. The lowest BCUT2D eigenvalue weighted by atomic mass is 9.95. The Bertz CT molecular complexity index is 1200. The van der Waals surface area contributed by atoms with Crippen LogP contribution in [0.2, 0.25) is 0 Å². The Morgan fingerprint density at radius 1 is 0.321 bits per heavy atom. The maximum absolute atomic E-state index is 11.1. The van der Waals surface area contributed by atoms with E-state index in [4.69, 9.17) is 48.4 Å². The van der Waals surface area contributed by atoms with Crippen LogP contribution in [-0.2, 0) is 42.6 Å². The number of nitrogens with two attached hydrogens (primary N) is 1. The van der Waals surface area contributed by atoms with Crippen LogP contribution in [0.5, 0.6) is 0 Å². The van der Waals surface area contributed by atoms with Crippen molar-refractivity contribution in [2.45, 2.75) is 153 Å². The average Bonchev–Trinajstić information content (AvgIpc) is 3.19. The molecule has 1 unspecified atom stereocenters. The molecule has 328 valence electrons. The van der Waals surface area contributed by atoms with Crippen LogP contribution in [0.25, 0.3) is 0 Å². The van der Waals surface area contributed by atoms with Gasteiger partial charge in [0, 0.05) is 0 Å². The fraction of sp³-hybridized carbons (Fsp3) is 1.00. The van der Waals surface area contributed by atoms with E-state index in [9.17, 15) is 81.7 Å². The van der Waals surface area contributed by atoms with E-state index in [-0.39, 0.29) is 0 Å². The molecule has 0 radical (unpaired) electrons. The van der Waals surface area contributed by atoms with E-state index in [0.29, 0.717) is 0 Å². The predicted octanol–water partition coefficient (Wildman–Crippen LogP) is -12.0. The summed E-state index contributed by atoms with van der Waals surface area (Å²) in [5.74, 6) is 0. The topological polar surface area (TPSA) is 433 Å². The van der Waals surface area contributed by atoms with Crippen LogP contribution in [0, 0.1) is 0 Å². The summed E-state index contributed by atoms with van der Waals surface area (Å²) in [7, 11) is 0. The van der Waals surface area contributed by atoms with Crippen molar-refractivity contribution >= 4 is 0 Å². The van der Waals surface area contributed by atoms with Crippen molar-refractivity contribution in [1.29, 1.82) is 0 Å². The summed E-state index contributed by atoms with van der Waals surface area (Å²) in [4.78, 5) is 0. The van der Waals surface area contributed by atoms with Gasteiger partial charge in [-0.3, -0.25) is 0 Å². The third-order valence-electron chi connectivity index (χ3n) is 10.4. The van der Waals surface area contributed by atoms with E-state index in [0.717, 1.165) is 0 Å². The summed E-state index contributed by atoms with van der Waals surface area (Å²) in [6, 6.07) is -1.43. The molecule has 5 aliphatic heterocycles. The Hall–Kier alpha value is -1.04. The summed E-state index contributed by atoms with van der Waals surface area (Å²) in [5.41, 5.74) is 5.89. The highest BCUT2D eigenvalue weighted by Crippen LogP contribution is 2.35. The van der Waals surface area contributed by atoms with Crippen LogP contribution < -0.4 is 5.73 Å². The van der Waals surface area contributed by atoms with Gasteiger partial charge in [0.15, 0.2) is 31.5 Å². The lowest BCUT2D eigenvalue weighted by Gasteiger charge is -2.49. The highest BCUT2D eigenvalue weighted by atomic mass is 16.8. The summed E-state index contributed by atoms with van der Waals surface area (Å²) >= 11 is 0. The number of aliphatic hydroxyl groups is 16. The van der Waals surface area contributed by atoms with Gasteiger partial charge in [0.2, 0.25) is 0 Å². The molecule has 5 fully saturated rings. The largest absolute Gasteiger partial charge is 0.394 e. The Labute approximate surface area is 316 Å². The van der Waals surface area contributed by atoms with Crippen LogP contribution >= 0.6 is 0 Å². The molecule has 25 atom stereocenters. The third kappa shape index (κ3) is 9.16. The fourth-order valence-electron chi connectivity index (χ4n) is 7.08. The van der Waals surface area contributed by atoms with Crippen LogP contribution in [0.15, 0.2) is 0 Å². The first-order valence-corrected chi connectivity index (χ1v) is 17.7. The van der Waals surface area contributed by atoms with Gasteiger partial charge >= 0.3 is 0 Å². The minimum absolute atomic E-state index is 0.755. The van der Waals surface area contributed by atoms with Gasteiger partial charge in [-0.05, 0) is 0 Å². The number of aliphatic hydroxyl groups excluding tert-OH is 16. The minimum Gasteiger partial charge on any atom is -0.394 e. The lowest BCUT2D eigenvalue weighted by Crippen LogP contribution is -2.68. The van der Waals surface area contributed by atoms with Crippen molar-refractivity contribution in [3.05, 3.63) is 0 Å². The monoisotopic (exact) mass is 827 g/mol. The normalized spacial score (nSPS) is 53.2. The van der Waals surface area contributed by atoms with Crippen LogP contribution in [0.3, 0.4) is 0 Å². The number of rotatable bonds is 13. The van der Waals surface area contributed by atoms with E-state index in [2.05, 4.69) is 0 Å². The van der Waals surface area contributed by atoms with Gasteiger partial charge in [-0.2, -0.15) is 0 Å². The van der Waals surface area contributed by atoms with Crippen LogP contribution in [0.4, 0.5) is 0 Å². The maximum Gasteiger partial charge on any atom is 0.187 e. The van der Waals surface area contributed by atoms with Crippen LogP contribution in [0.1, 0.15) is 0 Å². The summed E-state index contributed by atoms with van der Waals surface area (Å²) in [6.45, 7) is -4.39. The Morgan fingerprint density at radius 3 is 0.946 bits per heavy atom. The standard InChI is InChI=1S/C30H53NO25/c31-11-13(38)12(37)6(1-32)49-27(11)53-23-8(3-34)50-29(19(44)15(23)40)55-25-10(5-36)52-30(21(46)17(25)42)56-24-9(4-35)51-28(20(45)16(24)41)54-22-7(2-33)48-26(47)18(43)14(22)39/h6-30,32-47H,1-5,31H2/t6-,7-,8-,9-,10-,11-,12-,13-,14-,15-,16-,17-,18-,19-,20-,21-,22-,23-,24-,25-,26?,27-,28-,29-,30-/m1/s1. The second-order valence-corrected chi connectivity index (χ2v) is 14.0. The highest BCUT2D eigenvalue weighted by Gasteiger charge is 2.56. The molecular formula is C30H53NO25. The van der Waals surface area contributed by atoms with Gasteiger partial charge in [0.1, 0.15) is 116 Å². The van der Waals surface area contributed by atoms with Crippen molar-refractivity contribution in [3.8, 4) is 0 Å². The first-order valence-electron chi connectivity index (χ1n) is 17.7. The molecule has 0 aromatic rings. The average molecular weight is 828 g/mol. The van der Waals surface area contributed by atoms with Crippen molar-refractivity contribution in [2.24, 2.45) is 5.73 Å². The molecular weight excluding hydrogens is 774 g/mol. The van der Waals surface area contributed by atoms with Gasteiger partial charge < -0.3 is 130 Å². The predicted molar refractivity (Wildman–Crippen MR) is 168 cm³/mol. The van der Waals surface area contributed by atoms with Gasteiger partial charge in [-0.1, -0.05) is 0 Å². The maximum atomic E-state index is 11.1. The van der Waals surface area contributed by atoms with Crippen molar-refractivity contribution < 1.29 is 124 Å². The molecule has 26 nitrogen and oxygen atoms in total. The van der Waals surface area contributed by atoms with Crippen LogP contribution in [-0.4, -0.2) is 268 Å². The molecule has 0 aromatic carbocycles. The second-order valence-electron chi connectivity index (χ2n) is 14.0. The summed E-state index contributed by atoms with van der Waals surface area (Å²) in [6.07, 6.45) is -42.8. The number of hydrogen-bond donors (Lipinski definition) is 17. The first-order chi connectivity index (χ1) is 26.5. The van der Waals surface area contributed by atoms with Gasteiger partial charge in [0.05, 0.1) is 39.1 Å². The molecule has 5 saturated heterocycles. The molecule has 5 heterocycles. The van der Waals surface area contributed by atoms with Crippen molar-refractivity contribution in [3.63, 3.8) is 0 Å². The summed E-state index contributed by atoms with van der Waals surface area (Å²) in [5, 5.41) is 166. The van der Waals surface area contributed by atoms with Gasteiger partial charge in [-0.15, -0.1) is 0 Å². The SMILES string of the molecule is N[C@H]1[C@@H](O[C@H]2[C@H](O)[C@@H](O)[C@@H](O[C@H]3[C@H](O)[C@@H](O)[C@@H](O[C@H]4[C@H](O)[C@@H](O)[C@@H](O[C@H]5[C@H](O)[C@@H](O)C(O)O[C@@H]5CO)O[C@@H]4CO)O[C@@H]3CO)O[C@@H]2CO)O[C@H](CO)[C@@H](O)[C@@H]1O. The first kappa shape index (κ1) is 46.0. The number of ether oxygens (including phenoxy) is 9. The molecule has 0 spiro atoms. The van der Waals surface area contributed by atoms with Gasteiger partial charge in [0.25, 0.3) is 0 Å². The quantitative estimate of drug-likeness (QED) is 0.0819. The van der Waals surface area contributed by atoms with Crippen molar-refractivity contribution in [1.82, 2.24) is 0 Å². The van der Waals surface area contributed by atoms with E-state index in [1.807, 2.05) is 0 Å². The molecule has 0 bridgehead atoms. The van der Waals surface area contributed by atoms with Gasteiger partial charge in [-0.25, -0.2) is 0 Å². The zero-order valence-corrected chi connectivity index (χ0v) is 29.4. The lowest BCUT2D eigenvalue weighted by molar-refractivity contribution is -0.391. The highest BCUT2D eigenvalue weighted by molar-refractivity contribution is 4.99. The molecule has 0 aliphatic carbocycles. The van der Waals surface area contributed by atoms with Crippen molar-refractivity contribution in [2.75, 3.05) is 33.0 Å². The molecule has 5 aliphatic rings. The Balaban J connectivity index is 1.22. The molecule has 26 heteroatoms. The Kier molecular flexibility index (Phi) is 16.1. The summed E-state index contributed by atoms with van der Waals surface area (Å²) < 4.78 is 49.4. The molecule has 0 amide bonds. The molecule has 0 saturated carbocycles. The Morgan fingerprint density at radius 2 is 0.607 bits per heavy atom. The number of hydrogen-bond acceptors (Lipinski definition) is 26. The van der Waals surface area contributed by atoms with E-state index >= 15 is 0 Å².